The summed E-state index contributed by atoms with van der Waals surface area (Å²) in [7, 11) is 3.68. The molecule has 1 saturated heterocycles. The van der Waals surface area contributed by atoms with Crippen molar-refractivity contribution < 1.29 is 9.59 Å². The number of carbonyl (C=O) groups excluding carboxylic acids is 2. The molecule has 0 aromatic carbocycles. The summed E-state index contributed by atoms with van der Waals surface area (Å²) in [5, 5.41) is 2.92. The Bertz CT molecular complexity index is 539. The fourth-order valence-corrected chi connectivity index (χ4v) is 3.46. The molecule has 2 heterocycles. The molecule has 108 valence electrons. The summed E-state index contributed by atoms with van der Waals surface area (Å²) < 4.78 is 1.74. The van der Waals surface area contributed by atoms with Crippen molar-refractivity contribution in [3.63, 3.8) is 0 Å². The van der Waals surface area contributed by atoms with Crippen LogP contribution in [0.2, 0.25) is 0 Å². The van der Waals surface area contributed by atoms with Crippen LogP contribution in [-0.2, 0) is 11.8 Å². The van der Waals surface area contributed by atoms with Gasteiger partial charge in [-0.05, 0) is 24.7 Å². The molecule has 3 atom stereocenters. The predicted octanol–water partition coefficient (Wildman–Crippen LogP) is 0.407. The first-order valence-electron chi connectivity index (χ1n) is 7.06. The molecule has 6 heteroatoms. The zero-order chi connectivity index (χ0) is 14.3. The van der Waals surface area contributed by atoms with E-state index in [0.717, 1.165) is 19.4 Å². The molecule has 0 spiro atoms. The highest BCUT2D eigenvalue weighted by molar-refractivity contribution is 5.92. The van der Waals surface area contributed by atoms with Gasteiger partial charge in [-0.25, -0.2) is 4.98 Å². The number of imidazole rings is 1. The summed E-state index contributed by atoms with van der Waals surface area (Å²) in [5.41, 5.74) is 0.608. The number of hydrogen-bond acceptors (Lipinski definition) is 3. The van der Waals surface area contributed by atoms with Gasteiger partial charge >= 0.3 is 0 Å². The van der Waals surface area contributed by atoms with Gasteiger partial charge in [0.1, 0.15) is 5.69 Å². The number of rotatable bonds is 2. The Labute approximate surface area is 118 Å². The van der Waals surface area contributed by atoms with E-state index in [4.69, 9.17) is 0 Å². The summed E-state index contributed by atoms with van der Waals surface area (Å²) in [4.78, 5) is 29.7. The highest BCUT2D eigenvalue weighted by atomic mass is 16.2. The highest BCUT2D eigenvalue weighted by Gasteiger charge is 2.40. The van der Waals surface area contributed by atoms with Gasteiger partial charge in [0.25, 0.3) is 5.91 Å². The van der Waals surface area contributed by atoms with E-state index in [9.17, 15) is 9.59 Å². The Kier molecular flexibility index (Phi) is 3.23. The second-order valence-electron chi connectivity index (χ2n) is 5.96. The second kappa shape index (κ2) is 4.92. The lowest BCUT2D eigenvalue weighted by Gasteiger charge is -2.24. The molecule has 20 heavy (non-hydrogen) atoms. The molecule has 0 unspecified atom stereocenters. The van der Waals surface area contributed by atoms with Crippen LogP contribution in [0.1, 0.15) is 29.8 Å². The number of nitrogens with zero attached hydrogens (tertiary/aromatic N) is 3. The molecule has 1 aromatic heterocycles. The molecule has 1 aliphatic heterocycles. The Morgan fingerprint density at radius 1 is 1.45 bits per heavy atom. The largest absolute Gasteiger partial charge is 0.356 e. The van der Waals surface area contributed by atoms with Crippen LogP contribution in [0.15, 0.2) is 12.5 Å². The molecule has 1 aliphatic carbocycles. The van der Waals surface area contributed by atoms with Gasteiger partial charge in [0, 0.05) is 33.1 Å². The van der Waals surface area contributed by atoms with Crippen LogP contribution in [0.3, 0.4) is 0 Å². The maximum absolute atomic E-state index is 12.5. The van der Waals surface area contributed by atoms with Gasteiger partial charge in [0.2, 0.25) is 5.91 Å². The van der Waals surface area contributed by atoms with E-state index in [0.29, 0.717) is 24.0 Å². The molecule has 1 aromatic rings. The lowest BCUT2D eigenvalue weighted by atomic mass is 9.89. The molecular weight excluding hydrogens is 256 g/mol. The molecule has 0 bridgehead atoms. The number of nitrogens with one attached hydrogen (secondary N) is 1. The number of aromatic nitrogens is 2. The van der Waals surface area contributed by atoms with Crippen molar-refractivity contribution >= 4 is 11.8 Å². The van der Waals surface area contributed by atoms with Crippen molar-refractivity contribution in [3.05, 3.63) is 18.2 Å². The van der Waals surface area contributed by atoms with Gasteiger partial charge in [-0.1, -0.05) is 0 Å². The molecular formula is C14H20N4O2. The maximum atomic E-state index is 12.5. The Morgan fingerprint density at radius 3 is 2.90 bits per heavy atom. The van der Waals surface area contributed by atoms with Crippen LogP contribution in [0.4, 0.5) is 0 Å². The Hall–Kier alpha value is -1.85. The number of aryl methyl sites for hydroxylation is 1. The van der Waals surface area contributed by atoms with Crippen LogP contribution < -0.4 is 5.32 Å². The molecule has 0 radical (unpaired) electrons. The molecule has 2 fully saturated rings. The van der Waals surface area contributed by atoms with Crippen molar-refractivity contribution in [1.82, 2.24) is 19.8 Å². The quantitative estimate of drug-likeness (QED) is 0.850. The average Bonchev–Trinajstić information content (AvgIpc) is 3.02. The van der Waals surface area contributed by atoms with Crippen molar-refractivity contribution in [2.45, 2.75) is 25.3 Å². The van der Waals surface area contributed by atoms with Gasteiger partial charge in [0.05, 0.1) is 12.5 Å². The first-order chi connectivity index (χ1) is 9.56. The third kappa shape index (κ3) is 2.19. The van der Waals surface area contributed by atoms with E-state index in [1.54, 1.807) is 17.1 Å². The number of carbonyl (C=O) groups is 2. The van der Waals surface area contributed by atoms with Gasteiger partial charge < -0.3 is 14.8 Å². The van der Waals surface area contributed by atoms with Crippen molar-refractivity contribution in [2.75, 3.05) is 13.6 Å². The number of hydrogen-bond donors (Lipinski definition) is 1. The van der Waals surface area contributed by atoms with Crippen LogP contribution in [-0.4, -0.2) is 45.9 Å². The smallest absolute Gasteiger partial charge is 0.272 e. The average molecular weight is 276 g/mol. The normalized spacial score (nSPS) is 28.9. The zero-order valence-corrected chi connectivity index (χ0v) is 11.9. The Balaban J connectivity index is 1.70. The van der Waals surface area contributed by atoms with Gasteiger partial charge in [-0.2, -0.15) is 0 Å². The fraction of sp³-hybridized carbons (Fsp3) is 0.643. The third-order valence-electron chi connectivity index (χ3n) is 4.73. The SMILES string of the molecule is CN(C(=O)c1cncn1C)[C@H]1C[C@H]2CNC(=O)C[C@H]2C1. The minimum absolute atomic E-state index is 0.00735. The van der Waals surface area contributed by atoms with E-state index in [2.05, 4.69) is 10.3 Å². The van der Waals surface area contributed by atoms with Crippen LogP contribution in [0.25, 0.3) is 0 Å². The fourth-order valence-electron chi connectivity index (χ4n) is 3.46. The lowest BCUT2D eigenvalue weighted by molar-refractivity contribution is -0.124. The monoisotopic (exact) mass is 276 g/mol. The third-order valence-corrected chi connectivity index (χ3v) is 4.73. The summed E-state index contributed by atoms with van der Waals surface area (Å²) in [6.45, 7) is 0.758. The summed E-state index contributed by atoms with van der Waals surface area (Å²) in [6.07, 6.45) is 5.75. The van der Waals surface area contributed by atoms with Gasteiger partial charge in [-0.15, -0.1) is 0 Å². The van der Waals surface area contributed by atoms with Crippen molar-refractivity contribution in [1.29, 1.82) is 0 Å². The molecule has 1 N–H and O–H groups in total. The minimum Gasteiger partial charge on any atom is -0.356 e. The van der Waals surface area contributed by atoms with E-state index in [1.807, 2.05) is 19.0 Å². The molecule has 2 aliphatic rings. The summed E-state index contributed by atoms with van der Waals surface area (Å²) in [5.74, 6) is 1.09. The topological polar surface area (TPSA) is 67.2 Å². The number of piperidine rings is 1. The van der Waals surface area contributed by atoms with Crippen LogP contribution >= 0.6 is 0 Å². The second-order valence-corrected chi connectivity index (χ2v) is 5.96. The van der Waals surface area contributed by atoms with Gasteiger partial charge in [0.15, 0.2) is 0 Å². The predicted molar refractivity (Wildman–Crippen MR) is 72.9 cm³/mol. The standard InChI is InChI=1S/C14H20N4O2/c1-17-8-15-7-12(17)14(20)18(2)11-3-9-5-13(19)16-6-10(9)4-11/h7-11H,3-6H2,1-2H3,(H,16,19)/t9-,10+,11-/m1/s1. The first-order valence-corrected chi connectivity index (χ1v) is 7.06. The summed E-state index contributed by atoms with van der Waals surface area (Å²) >= 11 is 0. The lowest BCUT2D eigenvalue weighted by Crippen LogP contribution is -2.38. The molecule has 2 amide bonds. The number of amides is 2. The molecule has 3 rings (SSSR count). The maximum Gasteiger partial charge on any atom is 0.272 e. The van der Waals surface area contributed by atoms with E-state index in [1.165, 1.54) is 0 Å². The van der Waals surface area contributed by atoms with Crippen molar-refractivity contribution in [2.24, 2.45) is 18.9 Å². The molecule has 6 nitrogen and oxygen atoms in total. The summed E-state index contributed by atoms with van der Waals surface area (Å²) in [6, 6.07) is 0.222. The van der Waals surface area contributed by atoms with Crippen LogP contribution in [0.5, 0.6) is 0 Å². The van der Waals surface area contributed by atoms with Crippen molar-refractivity contribution in [3.8, 4) is 0 Å². The molecule has 1 saturated carbocycles. The minimum atomic E-state index is 0.00735. The van der Waals surface area contributed by atoms with E-state index < -0.39 is 0 Å². The highest BCUT2D eigenvalue weighted by Crippen LogP contribution is 2.38. The Morgan fingerprint density at radius 2 is 2.20 bits per heavy atom. The van der Waals surface area contributed by atoms with Crippen LogP contribution in [0, 0.1) is 11.8 Å². The van der Waals surface area contributed by atoms with Gasteiger partial charge in [-0.3, -0.25) is 9.59 Å². The first kappa shape index (κ1) is 13.1. The van der Waals surface area contributed by atoms with E-state index >= 15 is 0 Å². The zero-order valence-electron chi connectivity index (χ0n) is 11.9. The van der Waals surface area contributed by atoms with E-state index in [-0.39, 0.29) is 17.9 Å². The number of fused-ring (bicyclic) bond motifs is 1.